The van der Waals surface area contributed by atoms with Crippen LogP contribution in [0.3, 0.4) is 0 Å². The molecule has 1 aromatic rings. The molecular weight excluding hydrogens is 256 g/mol. The minimum absolute atomic E-state index is 0.151. The predicted octanol–water partition coefficient (Wildman–Crippen LogP) is 1.83. The highest BCUT2D eigenvalue weighted by atomic mass is 16.3. The van der Waals surface area contributed by atoms with E-state index in [-0.39, 0.29) is 11.7 Å². The van der Waals surface area contributed by atoms with Gasteiger partial charge in [0.15, 0.2) is 0 Å². The Morgan fingerprint density at radius 2 is 1.90 bits per heavy atom. The van der Waals surface area contributed by atoms with Crippen LogP contribution in [-0.2, 0) is 6.42 Å². The third-order valence-corrected chi connectivity index (χ3v) is 4.13. The van der Waals surface area contributed by atoms with Gasteiger partial charge in [0.1, 0.15) is 5.75 Å². The van der Waals surface area contributed by atoms with Crippen molar-refractivity contribution < 1.29 is 14.7 Å². The zero-order valence-electron chi connectivity index (χ0n) is 11.5. The first-order chi connectivity index (χ1) is 9.63. The van der Waals surface area contributed by atoms with Gasteiger partial charge in [-0.3, -0.25) is 14.9 Å². The molecule has 2 aliphatic heterocycles. The minimum Gasteiger partial charge on any atom is -0.505 e. The summed E-state index contributed by atoms with van der Waals surface area (Å²) in [6, 6.07) is 1.66. The minimum atomic E-state index is -0.401. The lowest BCUT2D eigenvalue weighted by atomic mass is 9.97. The smallest absolute Gasteiger partial charge is 0.259 e. The van der Waals surface area contributed by atoms with Crippen molar-refractivity contribution in [2.45, 2.75) is 32.6 Å². The van der Waals surface area contributed by atoms with E-state index in [9.17, 15) is 14.7 Å². The van der Waals surface area contributed by atoms with Gasteiger partial charge in [-0.2, -0.15) is 0 Å². The SMILES string of the molecule is CCc1c(O)c(N2CCCCC2)cc2c1C(=O)NC2=O. The van der Waals surface area contributed by atoms with Crippen LogP contribution in [0.15, 0.2) is 6.07 Å². The van der Waals surface area contributed by atoms with Crippen molar-refractivity contribution in [1.29, 1.82) is 0 Å². The van der Waals surface area contributed by atoms with E-state index in [0.29, 0.717) is 28.8 Å². The van der Waals surface area contributed by atoms with Crippen LogP contribution in [0.25, 0.3) is 0 Å². The first-order valence-electron chi connectivity index (χ1n) is 7.13. The highest BCUT2D eigenvalue weighted by molar-refractivity contribution is 6.23. The van der Waals surface area contributed by atoms with Gasteiger partial charge in [0, 0.05) is 18.7 Å². The molecule has 0 radical (unpaired) electrons. The second-order valence-corrected chi connectivity index (χ2v) is 5.33. The molecule has 3 rings (SSSR count). The summed E-state index contributed by atoms with van der Waals surface area (Å²) in [7, 11) is 0. The molecule has 2 heterocycles. The van der Waals surface area contributed by atoms with Gasteiger partial charge in [0.25, 0.3) is 11.8 Å². The first-order valence-corrected chi connectivity index (χ1v) is 7.13. The molecule has 0 bridgehead atoms. The fraction of sp³-hybridized carbons (Fsp3) is 0.467. The zero-order chi connectivity index (χ0) is 14.3. The Labute approximate surface area is 117 Å². The molecule has 5 heteroatoms. The third-order valence-electron chi connectivity index (χ3n) is 4.13. The summed E-state index contributed by atoms with van der Waals surface area (Å²) in [6.07, 6.45) is 3.89. The Bertz CT molecular complexity index is 589. The summed E-state index contributed by atoms with van der Waals surface area (Å²) in [4.78, 5) is 25.8. The maximum Gasteiger partial charge on any atom is 0.259 e. The normalized spacial score (nSPS) is 18.1. The molecule has 2 aliphatic rings. The third kappa shape index (κ3) is 1.85. The molecule has 2 amide bonds. The van der Waals surface area contributed by atoms with Gasteiger partial charge in [-0.25, -0.2) is 0 Å². The number of benzene rings is 1. The van der Waals surface area contributed by atoms with E-state index in [1.54, 1.807) is 6.07 Å². The highest BCUT2D eigenvalue weighted by Crippen LogP contribution is 2.38. The topological polar surface area (TPSA) is 69.6 Å². The van der Waals surface area contributed by atoms with Gasteiger partial charge in [-0.1, -0.05) is 6.92 Å². The van der Waals surface area contributed by atoms with E-state index in [1.165, 1.54) is 6.42 Å². The van der Waals surface area contributed by atoms with E-state index in [2.05, 4.69) is 10.2 Å². The number of carbonyl (C=O) groups excluding carboxylic acids is 2. The fourth-order valence-corrected chi connectivity index (χ4v) is 3.10. The number of nitrogens with one attached hydrogen (secondary N) is 1. The molecule has 0 saturated carbocycles. The highest BCUT2D eigenvalue weighted by Gasteiger charge is 2.33. The van der Waals surface area contributed by atoms with E-state index in [4.69, 9.17) is 0 Å². The van der Waals surface area contributed by atoms with Gasteiger partial charge in [0.05, 0.1) is 16.8 Å². The first kappa shape index (κ1) is 13.0. The quantitative estimate of drug-likeness (QED) is 0.807. The molecule has 0 spiro atoms. The van der Waals surface area contributed by atoms with Crippen LogP contribution in [0.1, 0.15) is 52.5 Å². The Morgan fingerprint density at radius 1 is 1.20 bits per heavy atom. The number of carbonyl (C=O) groups is 2. The molecule has 1 saturated heterocycles. The fourth-order valence-electron chi connectivity index (χ4n) is 3.10. The number of rotatable bonds is 2. The van der Waals surface area contributed by atoms with Crippen LogP contribution in [0.2, 0.25) is 0 Å². The molecule has 0 aromatic heterocycles. The Kier molecular flexibility index (Phi) is 3.12. The summed E-state index contributed by atoms with van der Waals surface area (Å²) in [6.45, 7) is 3.64. The molecule has 0 unspecified atom stereocenters. The van der Waals surface area contributed by atoms with Crippen LogP contribution >= 0.6 is 0 Å². The lowest BCUT2D eigenvalue weighted by Gasteiger charge is -2.30. The number of anilines is 1. The number of hydrogen-bond acceptors (Lipinski definition) is 4. The van der Waals surface area contributed by atoms with Gasteiger partial charge < -0.3 is 10.0 Å². The van der Waals surface area contributed by atoms with Crippen molar-refractivity contribution in [1.82, 2.24) is 5.32 Å². The molecule has 5 nitrogen and oxygen atoms in total. The molecule has 2 N–H and O–H groups in total. The van der Waals surface area contributed by atoms with Crippen molar-refractivity contribution in [2.24, 2.45) is 0 Å². The predicted molar refractivity (Wildman–Crippen MR) is 75.3 cm³/mol. The van der Waals surface area contributed by atoms with Crippen molar-refractivity contribution in [3.63, 3.8) is 0 Å². The van der Waals surface area contributed by atoms with Crippen LogP contribution < -0.4 is 10.2 Å². The van der Waals surface area contributed by atoms with Crippen molar-refractivity contribution in [2.75, 3.05) is 18.0 Å². The van der Waals surface area contributed by atoms with E-state index in [0.717, 1.165) is 25.9 Å². The molecule has 0 atom stereocenters. The number of fused-ring (bicyclic) bond motifs is 1. The molecule has 0 aliphatic carbocycles. The summed E-state index contributed by atoms with van der Waals surface area (Å²) in [5.41, 5.74) is 2.00. The van der Waals surface area contributed by atoms with Crippen molar-refractivity contribution >= 4 is 17.5 Å². The lowest BCUT2D eigenvalue weighted by molar-refractivity contribution is 0.0879. The van der Waals surface area contributed by atoms with Crippen molar-refractivity contribution in [3.8, 4) is 5.75 Å². The number of nitrogens with zero attached hydrogens (tertiary/aromatic N) is 1. The maximum absolute atomic E-state index is 11.9. The Balaban J connectivity index is 2.15. The summed E-state index contributed by atoms with van der Waals surface area (Å²) in [5, 5.41) is 12.8. The van der Waals surface area contributed by atoms with Gasteiger partial charge in [0.2, 0.25) is 0 Å². The largest absolute Gasteiger partial charge is 0.505 e. The number of phenolic OH excluding ortho intramolecular Hbond substituents is 1. The van der Waals surface area contributed by atoms with E-state index in [1.807, 2.05) is 6.92 Å². The van der Waals surface area contributed by atoms with Crippen LogP contribution in [0.4, 0.5) is 5.69 Å². The molecule has 1 aromatic carbocycles. The van der Waals surface area contributed by atoms with Gasteiger partial charge >= 0.3 is 0 Å². The van der Waals surface area contributed by atoms with Crippen LogP contribution in [-0.4, -0.2) is 30.0 Å². The monoisotopic (exact) mass is 274 g/mol. The second kappa shape index (κ2) is 4.81. The number of imide groups is 1. The van der Waals surface area contributed by atoms with E-state index >= 15 is 0 Å². The average molecular weight is 274 g/mol. The standard InChI is InChI=1S/C15H18N2O3/c1-2-9-12-10(14(19)16-15(12)20)8-11(13(9)18)17-6-4-3-5-7-17/h8,18H,2-7H2,1H3,(H,16,19,20). The number of piperidine rings is 1. The Hall–Kier alpha value is -2.04. The lowest BCUT2D eigenvalue weighted by Crippen LogP contribution is -2.29. The van der Waals surface area contributed by atoms with Crippen LogP contribution in [0, 0.1) is 0 Å². The second-order valence-electron chi connectivity index (χ2n) is 5.33. The molecular formula is C15H18N2O3. The van der Waals surface area contributed by atoms with Gasteiger partial charge in [-0.15, -0.1) is 0 Å². The van der Waals surface area contributed by atoms with Crippen molar-refractivity contribution in [3.05, 3.63) is 22.8 Å². The molecule has 20 heavy (non-hydrogen) atoms. The van der Waals surface area contributed by atoms with Gasteiger partial charge in [-0.05, 0) is 31.7 Å². The maximum atomic E-state index is 11.9. The number of phenols is 1. The zero-order valence-corrected chi connectivity index (χ0v) is 11.5. The summed E-state index contributed by atoms with van der Waals surface area (Å²) in [5.74, 6) is -0.613. The number of hydrogen-bond donors (Lipinski definition) is 2. The molecule has 106 valence electrons. The molecule has 1 fully saturated rings. The summed E-state index contributed by atoms with van der Waals surface area (Å²) < 4.78 is 0. The van der Waals surface area contributed by atoms with E-state index < -0.39 is 5.91 Å². The van der Waals surface area contributed by atoms with Crippen LogP contribution in [0.5, 0.6) is 5.75 Å². The summed E-state index contributed by atoms with van der Waals surface area (Å²) >= 11 is 0. The number of aromatic hydroxyl groups is 1. The number of amides is 2. The average Bonchev–Trinajstić information content (AvgIpc) is 2.74. The Morgan fingerprint density at radius 3 is 2.55 bits per heavy atom.